The maximum absolute atomic E-state index is 12.5. The lowest BCUT2D eigenvalue weighted by molar-refractivity contribution is -0.146. The molecule has 2 heterocycles. The molecule has 1 atom stereocenters. The van der Waals surface area contributed by atoms with Crippen LogP contribution in [0.15, 0.2) is 21.7 Å². The quantitative estimate of drug-likeness (QED) is 0.785. The molecule has 8 heteroatoms. The molecule has 1 fully saturated rings. The first-order valence-corrected chi connectivity index (χ1v) is 9.34. The van der Waals surface area contributed by atoms with Crippen LogP contribution in [0.25, 0.3) is 0 Å². The molecule has 5 nitrogen and oxygen atoms in total. The number of rotatable bonds is 4. The Hall–Kier alpha value is -0.570. The lowest BCUT2D eigenvalue weighted by atomic mass is 10.3. The number of sulfonamides is 1. The lowest BCUT2D eigenvalue weighted by Gasteiger charge is -2.32. The first-order chi connectivity index (χ1) is 9.07. The van der Waals surface area contributed by atoms with E-state index >= 15 is 0 Å². The molecule has 1 saturated heterocycles. The van der Waals surface area contributed by atoms with E-state index in [1.54, 1.807) is 36.2 Å². The zero-order chi connectivity index (χ0) is 13.9. The van der Waals surface area contributed by atoms with E-state index < -0.39 is 22.0 Å². The predicted molar refractivity (Wildman–Crippen MR) is 76.0 cm³/mol. The van der Waals surface area contributed by atoms with E-state index in [0.717, 1.165) is 11.3 Å². The molecule has 1 aliphatic heterocycles. The normalized spacial score (nSPS) is 21.2. The number of hydrogen-bond acceptors (Lipinski definition) is 6. The van der Waals surface area contributed by atoms with Gasteiger partial charge < -0.3 is 4.74 Å². The highest BCUT2D eigenvalue weighted by Crippen LogP contribution is 2.27. The Morgan fingerprint density at radius 2 is 2.37 bits per heavy atom. The largest absolute Gasteiger partial charge is 0.465 e. The first kappa shape index (κ1) is 14.8. The Labute approximate surface area is 121 Å². The minimum Gasteiger partial charge on any atom is -0.465 e. The molecule has 2 rings (SSSR count). The molecular formula is C11H15NO4S3. The van der Waals surface area contributed by atoms with Crippen molar-refractivity contribution in [2.75, 3.05) is 24.7 Å². The highest BCUT2D eigenvalue weighted by Gasteiger charge is 2.39. The van der Waals surface area contributed by atoms with Crippen LogP contribution in [0.4, 0.5) is 0 Å². The first-order valence-electron chi connectivity index (χ1n) is 5.87. The summed E-state index contributed by atoms with van der Waals surface area (Å²) in [5, 5.41) is 1.71. The highest BCUT2D eigenvalue weighted by molar-refractivity contribution is 7.99. The Morgan fingerprint density at radius 3 is 3.00 bits per heavy atom. The second-order valence-electron chi connectivity index (χ2n) is 3.89. The van der Waals surface area contributed by atoms with Crippen molar-refractivity contribution in [1.29, 1.82) is 0 Å². The van der Waals surface area contributed by atoms with Gasteiger partial charge in [0.1, 0.15) is 10.3 Å². The molecule has 0 amide bonds. The third-order valence-electron chi connectivity index (χ3n) is 2.70. The van der Waals surface area contributed by atoms with E-state index in [9.17, 15) is 13.2 Å². The van der Waals surface area contributed by atoms with Crippen LogP contribution < -0.4 is 0 Å². The maximum atomic E-state index is 12.5. The Morgan fingerprint density at radius 1 is 1.58 bits per heavy atom. The van der Waals surface area contributed by atoms with Crippen molar-refractivity contribution in [3.05, 3.63) is 17.5 Å². The SMILES string of the molecule is CCOC(=O)[C@H]1CSCCN1S(=O)(=O)c1cccs1. The zero-order valence-electron chi connectivity index (χ0n) is 10.4. The summed E-state index contributed by atoms with van der Waals surface area (Å²) < 4.78 is 31.5. The third-order valence-corrected chi connectivity index (χ3v) is 7.00. The molecular weight excluding hydrogens is 306 g/mol. The van der Waals surface area contributed by atoms with Crippen LogP contribution in [0.2, 0.25) is 0 Å². The predicted octanol–water partition coefficient (Wildman–Crippen LogP) is 1.42. The Balaban J connectivity index is 2.27. The van der Waals surface area contributed by atoms with Gasteiger partial charge in [-0.25, -0.2) is 8.42 Å². The van der Waals surface area contributed by atoms with E-state index in [4.69, 9.17) is 4.74 Å². The van der Waals surface area contributed by atoms with Crippen molar-refractivity contribution in [1.82, 2.24) is 4.31 Å². The van der Waals surface area contributed by atoms with Crippen molar-refractivity contribution in [3.63, 3.8) is 0 Å². The van der Waals surface area contributed by atoms with E-state index in [2.05, 4.69) is 0 Å². The molecule has 19 heavy (non-hydrogen) atoms. The van der Waals surface area contributed by atoms with Crippen molar-refractivity contribution >= 4 is 39.1 Å². The monoisotopic (exact) mass is 321 g/mol. The summed E-state index contributed by atoms with van der Waals surface area (Å²) >= 11 is 2.73. The van der Waals surface area contributed by atoms with E-state index in [1.165, 1.54) is 4.31 Å². The van der Waals surface area contributed by atoms with Gasteiger partial charge in [-0.3, -0.25) is 4.79 Å². The molecule has 0 aliphatic carbocycles. The molecule has 0 unspecified atom stereocenters. The van der Waals surface area contributed by atoms with Crippen LogP contribution in [-0.2, 0) is 19.6 Å². The molecule has 0 spiro atoms. The smallest absolute Gasteiger partial charge is 0.325 e. The summed E-state index contributed by atoms with van der Waals surface area (Å²) in [4.78, 5) is 11.9. The highest BCUT2D eigenvalue weighted by atomic mass is 32.2. The number of nitrogens with zero attached hydrogens (tertiary/aromatic N) is 1. The van der Waals surface area contributed by atoms with Crippen LogP contribution >= 0.6 is 23.1 Å². The van der Waals surface area contributed by atoms with Crippen LogP contribution in [-0.4, -0.2) is 49.4 Å². The van der Waals surface area contributed by atoms with Gasteiger partial charge in [0, 0.05) is 18.1 Å². The summed E-state index contributed by atoms with van der Waals surface area (Å²) in [5.74, 6) is 0.680. The number of hydrogen-bond donors (Lipinski definition) is 0. The summed E-state index contributed by atoms with van der Waals surface area (Å²) in [6.45, 7) is 2.31. The third kappa shape index (κ3) is 3.13. The number of esters is 1. The summed E-state index contributed by atoms with van der Waals surface area (Å²) in [6, 6.07) is 2.53. The lowest BCUT2D eigenvalue weighted by Crippen LogP contribution is -2.50. The summed E-state index contributed by atoms with van der Waals surface area (Å²) in [5.41, 5.74) is 0. The van der Waals surface area contributed by atoms with Gasteiger partial charge in [0.25, 0.3) is 10.0 Å². The van der Waals surface area contributed by atoms with E-state index in [1.807, 2.05) is 0 Å². The van der Waals surface area contributed by atoms with Gasteiger partial charge in [0.15, 0.2) is 0 Å². The minimum absolute atomic E-state index is 0.257. The minimum atomic E-state index is -3.59. The Bertz CT molecular complexity index is 526. The number of thioether (sulfide) groups is 1. The molecule has 0 radical (unpaired) electrons. The van der Waals surface area contributed by atoms with Crippen LogP contribution in [0.5, 0.6) is 0 Å². The Kier molecular flexibility index (Phi) is 4.88. The fourth-order valence-corrected chi connectivity index (χ4v) is 5.77. The molecule has 0 saturated carbocycles. The number of carbonyl (C=O) groups excluding carboxylic acids is 1. The summed E-state index contributed by atoms with van der Waals surface area (Å²) in [7, 11) is -3.59. The standard InChI is InChI=1S/C11H15NO4S3/c1-2-16-11(13)9-8-17-7-5-12(9)19(14,15)10-4-3-6-18-10/h3-4,6,9H,2,5,7-8H2,1H3/t9-/m1/s1. The van der Waals surface area contributed by atoms with Gasteiger partial charge in [-0.1, -0.05) is 6.07 Å². The van der Waals surface area contributed by atoms with Crippen molar-refractivity contribution in [2.45, 2.75) is 17.2 Å². The fraction of sp³-hybridized carbons (Fsp3) is 0.545. The molecule has 0 bridgehead atoms. The van der Waals surface area contributed by atoms with Crippen molar-refractivity contribution in [3.8, 4) is 0 Å². The van der Waals surface area contributed by atoms with Gasteiger partial charge in [-0.2, -0.15) is 16.1 Å². The molecule has 106 valence electrons. The number of thiophene rings is 1. The van der Waals surface area contributed by atoms with Gasteiger partial charge in [0.05, 0.1) is 6.61 Å². The second kappa shape index (κ2) is 6.25. The van der Waals surface area contributed by atoms with E-state index in [0.29, 0.717) is 18.1 Å². The maximum Gasteiger partial charge on any atom is 0.325 e. The molecule has 1 aromatic rings. The van der Waals surface area contributed by atoms with Gasteiger partial charge in [-0.15, -0.1) is 11.3 Å². The second-order valence-corrected chi connectivity index (χ2v) is 8.11. The molecule has 0 aromatic carbocycles. The average Bonchev–Trinajstić information content (AvgIpc) is 2.93. The topological polar surface area (TPSA) is 63.7 Å². The van der Waals surface area contributed by atoms with Gasteiger partial charge >= 0.3 is 5.97 Å². The zero-order valence-corrected chi connectivity index (χ0v) is 12.9. The fourth-order valence-electron chi connectivity index (χ4n) is 1.83. The average molecular weight is 321 g/mol. The van der Waals surface area contributed by atoms with Gasteiger partial charge in [-0.05, 0) is 18.4 Å². The summed E-state index contributed by atoms with van der Waals surface area (Å²) in [6.07, 6.45) is 0. The number of ether oxygens (including phenoxy) is 1. The van der Waals surface area contributed by atoms with Crippen LogP contribution in [0.1, 0.15) is 6.92 Å². The van der Waals surface area contributed by atoms with Crippen LogP contribution in [0, 0.1) is 0 Å². The molecule has 0 N–H and O–H groups in total. The molecule has 1 aromatic heterocycles. The van der Waals surface area contributed by atoms with E-state index in [-0.39, 0.29) is 10.8 Å². The van der Waals surface area contributed by atoms with Crippen molar-refractivity contribution < 1.29 is 17.9 Å². The van der Waals surface area contributed by atoms with Crippen LogP contribution in [0.3, 0.4) is 0 Å². The van der Waals surface area contributed by atoms with Crippen molar-refractivity contribution in [2.24, 2.45) is 0 Å². The number of carbonyl (C=O) groups is 1. The molecule has 1 aliphatic rings. The van der Waals surface area contributed by atoms with Gasteiger partial charge in [0.2, 0.25) is 0 Å².